The highest BCUT2D eigenvalue weighted by Gasteiger charge is 2.12. The normalized spacial score (nSPS) is 10.8. The zero-order chi connectivity index (χ0) is 12.7. The molecule has 0 bridgehead atoms. The minimum atomic E-state index is -0.547. The van der Waals surface area contributed by atoms with Gasteiger partial charge in [0.15, 0.2) is 0 Å². The maximum atomic E-state index is 11.6. The highest BCUT2D eigenvalue weighted by Crippen LogP contribution is 2.00. The number of nitrogens with one attached hydrogen (secondary N) is 1. The molecule has 0 heterocycles. The van der Waals surface area contributed by atoms with Crippen molar-refractivity contribution in [2.24, 2.45) is 0 Å². The molecule has 4 heteroatoms. The van der Waals surface area contributed by atoms with Gasteiger partial charge in [0.1, 0.15) is 5.70 Å². The predicted octanol–water partition coefficient (Wildman–Crippen LogP) is 1.42. The summed E-state index contributed by atoms with van der Waals surface area (Å²) in [6.07, 6.45) is 1.74. The molecule has 1 rings (SSSR count). The van der Waals surface area contributed by atoms with E-state index in [9.17, 15) is 9.59 Å². The summed E-state index contributed by atoms with van der Waals surface area (Å²) >= 11 is 0. The van der Waals surface area contributed by atoms with Gasteiger partial charge in [0.05, 0.1) is 13.5 Å². The highest BCUT2D eigenvalue weighted by atomic mass is 16.5. The lowest BCUT2D eigenvalue weighted by Crippen LogP contribution is -2.29. The van der Waals surface area contributed by atoms with Crippen molar-refractivity contribution in [1.82, 2.24) is 5.32 Å². The van der Waals surface area contributed by atoms with Gasteiger partial charge in [-0.1, -0.05) is 36.4 Å². The molecule has 4 nitrogen and oxygen atoms in total. The lowest BCUT2D eigenvalue weighted by atomic mass is 10.1. The Kier molecular flexibility index (Phi) is 4.94. The van der Waals surface area contributed by atoms with E-state index in [2.05, 4.69) is 10.1 Å². The molecule has 17 heavy (non-hydrogen) atoms. The molecule has 0 radical (unpaired) electrons. The Morgan fingerprint density at radius 3 is 2.47 bits per heavy atom. The van der Waals surface area contributed by atoms with E-state index in [0.29, 0.717) is 0 Å². The van der Waals surface area contributed by atoms with Gasteiger partial charge in [-0.25, -0.2) is 4.79 Å². The van der Waals surface area contributed by atoms with E-state index in [1.165, 1.54) is 13.2 Å². The number of benzene rings is 1. The van der Waals surface area contributed by atoms with Crippen LogP contribution in [0.2, 0.25) is 0 Å². The van der Waals surface area contributed by atoms with Crippen molar-refractivity contribution in [2.45, 2.75) is 13.3 Å². The summed E-state index contributed by atoms with van der Waals surface area (Å²) < 4.78 is 4.53. The van der Waals surface area contributed by atoms with Crippen LogP contribution in [0.25, 0.3) is 0 Å². The van der Waals surface area contributed by atoms with Gasteiger partial charge in [-0.05, 0) is 12.5 Å². The monoisotopic (exact) mass is 233 g/mol. The minimum Gasteiger partial charge on any atom is -0.464 e. The Morgan fingerprint density at radius 1 is 1.29 bits per heavy atom. The topological polar surface area (TPSA) is 55.4 Å². The number of hydrogen-bond acceptors (Lipinski definition) is 3. The van der Waals surface area contributed by atoms with Gasteiger partial charge < -0.3 is 10.1 Å². The quantitative estimate of drug-likeness (QED) is 0.632. The average molecular weight is 233 g/mol. The van der Waals surface area contributed by atoms with E-state index in [1.807, 2.05) is 30.3 Å². The zero-order valence-corrected chi connectivity index (χ0v) is 9.90. The fourth-order valence-corrected chi connectivity index (χ4v) is 1.33. The number of methoxy groups -OCH3 is 1. The first-order chi connectivity index (χ1) is 8.17. The molecule has 1 N–H and O–H groups in total. The molecular formula is C13H15NO3. The molecule has 1 aromatic carbocycles. The van der Waals surface area contributed by atoms with Crippen LogP contribution >= 0.6 is 0 Å². The lowest BCUT2D eigenvalue weighted by molar-refractivity contribution is -0.137. The number of carbonyl (C=O) groups excluding carboxylic acids is 2. The Bertz CT molecular complexity index is 424. The Hall–Kier alpha value is -2.10. The number of hydrogen-bond donors (Lipinski definition) is 1. The van der Waals surface area contributed by atoms with Crippen LogP contribution in [-0.2, 0) is 20.7 Å². The first-order valence-corrected chi connectivity index (χ1v) is 5.25. The summed E-state index contributed by atoms with van der Waals surface area (Å²) in [7, 11) is 1.27. The lowest BCUT2D eigenvalue weighted by Gasteiger charge is -2.07. The van der Waals surface area contributed by atoms with Gasteiger partial charge in [-0.3, -0.25) is 4.79 Å². The van der Waals surface area contributed by atoms with Crippen molar-refractivity contribution < 1.29 is 14.3 Å². The van der Waals surface area contributed by atoms with Crippen molar-refractivity contribution in [3.63, 3.8) is 0 Å². The second kappa shape index (κ2) is 6.48. The van der Waals surface area contributed by atoms with Crippen molar-refractivity contribution >= 4 is 11.9 Å². The van der Waals surface area contributed by atoms with E-state index in [0.717, 1.165) is 5.56 Å². The number of amides is 1. The summed E-state index contributed by atoms with van der Waals surface area (Å²) in [6.45, 7) is 1.66. The van der Waals surface area contributed by atoms with Gasteiger partial charge in [0.25, 0.3) is 0 Å². The number of ether oxygens (including phenoxy) is 1. The second-order valence-electron chi connectivity index (χ2n) is 3.40. The van der Waals surface area contributed by atoms with Crippen molar-refractivity contribution in [2.75, 3.05) is 7.11 Å². The number of allylic oxidation sites excluding steroid dienone is 1. The molecule has 0 aliphatic heterocycles. The molecule has 90 valence electrons. The first-order valence-electron chi connectivity index (χ1n) is 5.25. The van der Waals surface area contributed by atoms with Crippen LogP contribution in [0.4, 0.5) is 0 Å². The van der Waals surface area contributed by atoms with Gasteiger partial charge in [-0.15, -0.1) is 0 Å². The van der Waals surface area contributed by atoms with Gasteiger partial charge in [0.2, 0.25) is 5.91 Å². The SMILES string of the molecule is CC=C(NC(=O)Cc1ccccc1)C(=O)OC. The van der Waals surface area contributed by atoms with Crippen LogP contribution in [0.3, 0.4) is 0 Å². The van der Waals surface area contributed by atoms with E-state index in [4.69, 9.17) is 0 Å². The van der Waals surface area contributed by atoms with E-state index >= 15 is 0 Å². The van der Waals surface area contributed by atoms with Crippen LogP contribution in [0.15, 0.2) is 42.1 Å². The Labute approximate surface area is 100 Å². The van der Waals surface area contributed by atoms with Gasteiger partial charge in [0, 0.05) is 0 Å². The fraction of sp³-hybridized carbons (Fsp3) is 0.231. The molecule has 1 amide bonds. The van der Waals surface area contributed by atoms with E-state index in [-0.39, 0.29) is 18.0 Å². The minimum absolute atomic E-state index is 0.161. The summed E-state index contributed by atoms with van der Waals surface area (Å²) in [5.74, 6) is -0.788. The molecule has 0 atom stereocenters. The molecule has 1 aromatic rings. The molecule has 0 aliphatic carbocycles. The van der Waals surface area contributed by atoms with Crippen LogP contribution < -0.4 is 5.32 Å². The maximum Gasteiger partial charge on any atom is 0.354 e. The summed E-state index contributed by atoms with van der Waals surface area (Å²) in [4.78, 5) is 22.9. The van der Waals surface area contributed by atoms with Crippen molar-refractivity contribution in [3.8, 4) is 0 Å². The van der Waals surface area contributed by atoms with Crippen LogP contribution in [0.5, 0.6) is 0 Å². The summed E-state index contributed by atoms with van der Waals surface area (Å²) in [6, 6.07) is 9.31. The highest BCUT2D eigenvalue weighted by molar-refractivity contribution is 5.94. The molecule has 0 aliphatic rings. The second-order valence-corrected chi connectivity index (χ2v) is 3.40. The molecule has 0 unspecified atom stereocenters. The third kappa shape index (κ3) is 4.10. The first kappa shape index (κ1) is 13.0. The number of carbonyl (C=O) groups is 2. The van der Waals surface area contributed by atoms with Crippen LogP contribution in [0, 0.1) is 0 Å². The summed E-state index contributed by atoms with van der Waals surface area (Å²) in [5.41, 5.74) is 1.05. The average Bonchev–Trinajstić information content (AvgIpc) is 2.36. The zero-order valence-electron chi connectivity index (χ0n) is 9.90. The maximum absolute atomic E-state index is 11.6. The summed E-state index contributed by atoms with van der Waals surface area (Å²) in [5, 5.41) is 2.51. The Balaban J connectivity index is 2.58. The standard InChI is InChI=1S/C13H15NO3/c1-3-11(13(16)17-2)14-12(15)9-10-7-5-4-6-8-10/h3-8H,9H2,1-2H3,(H,14,15). The van der Waals surface area contributed by atoms with Crippen LogP contribution in [0.1, 0.15) is 12.5 Å². The van der Waals surface area contributed by atoms with E-state index in [1.54, 1.807) is 6.92 Å². The van der Waals surface area contributed by atoms with Crippen LogP contribution in [-0.4, -0.2) is 19.0 Å². The molecule has 0 spiro atoms. The molecular weight excluding hydrogens is 218 g/mol. The number of rotatable bonds is 4. The smallest absolute Gasteiger partial charge is 0.354 e. The van der Waals surface area contributed by atoms with Gasteiger partial charge >= 0.3 is 5.97 Å². The fourth-order valence-electron chi connectivity index (χ4n) is 1.33. The molecule has 0 saturated carbocycles. The van der Waals surface area contributed by atoms with Crippen molar-refractivity contribution in [1.29, 1.82) is 0 Å². The molecule has 0 aromatic heterocycles. The largest absolute Gasteiger partial charge is 0.464 e. The number of esters is 1. The Morgan fingerprint density at radius 2 is 1.94 bits per heavy atom. The molecule has 0 fully saturated rings. The third-order valence-electron chi connectivity index (χ3n) is 2.18. The van der Waals surface area contributed by atoms with Crippen molar-refractivity contribution in [3.05, 3.63) is 47.7 Å². The third-order valence-corrected chi connectivity index (χ3v) is 2.18. The van der Waals surface area contributed by atoms with E-state index < -0.39 is 5.97 Å². The molecule has 0 saturated heterocycles. The predicted molar refractivity (Wildman–Crippen MR) is 64.1 cm³/mol. The van der Waals surface area contributed by atoms with Gasteiger partial charge in [-0.2, -0.15) is 0 Å².